The molecule has 1 aliphatic rings. The normalized spacial score (nSPS) is 20.6. The van der Waals surface area contributed by atoms with Crippen LogP contribution in [0.15, 0.2) is 12.1 Å². The third kappa shape index (κ3) is 1.69. The summed E-state index contributed by atoms with van der Waals surface area (Å²) in [6, 6.07) is 3.27. The number of halogens is 1. The largest absolute Gasteiger partial charge is 0.383 e. The second kappa shape index (κ2) is 3.87. The van der Waals surface area contributed by atoms with Crippen molar-refractivity contribution in [3.05, 3.63) is 29.1 Å². The number of hydrogen-bond acceptors (Lipinski definition) is 2. The molecule has 0 aromatic heterocycles. The van der Waals surface area contributed by atoms with Crippen molar-refractivity contribution < 1.29 is 14.3 Å². The van der Waals surface area contributed by atoms with Crippen LogP contribution in [-0.4, -0.2) is 23.7 Å². The number of aryl methyl sites for hydroxylation is 2. The number of rotatable bonds is 1. The molecule has 3 nitrogen and oxygen atoms in total. The maximum atomic E-state index is 13.4. The first kappa shape index (κ1) is 11.1. The lowest BCUT2D eigenvalue weighted by Gasteiger charge is -2.17. The first-order valence-corrected chi connectivity index (χ1v) is 5.27. The average molecular weight is 223 g/mol. The predicted octanol–water partition coefficient (Wildman–Crippen LogP) is 1.54. The molecule has 16 heavy (non-hydrogen) atoms. The van der Waals surface area contributed by atoms with Crippen molar-refractivity contribution in [2.24, 2.45) is 0 Å². The summed E-state index contributed by atoms with van der Waals surface area (Å²) in [4.78, 5) is 13.1. The van der Waals surface area contributed by atoms with Crippen LogP contribution in [0.5, 0.6) is 0 Å². The van der Waals surface area contributed by atoms with E-state index in [2.05, 4.69) is 0 Å². The third-order valence-corrected chi connectivity index (χ3v) is 2.91. The van der Waals surface area contributed by atoms with Crippen molar-refractivity contribution in [1.29, 1.82) is 0 Å². The van der Waals surface area contributed by atoms with Gasteiger partial charge in [0, 0.05) is 18.7 Å². The fraction of sp³-hybridized carbons (Fsp3) is 0.417. The lowest BCUT2D eigenvalue weighted by molar-refractivity contribution is -0.123. The Morgan fingerprint density at radius 3 is 2.38 bits per heavy atom. The van der Waals surface area contributed by atoms with E-state index >= 15 is 0 Å². The van der Waals surface area contributed by atoms with Gasteiger partial charge >= 0.3 is 0 Å². The molecule has 1 saturated heterocycles. The summed E-state index contributed by atoms with van der Waals surface area (Å²) in [7, 11) is 0. The molecule has 1 atom stereocenters. The zero-order chi connectivity index (χ0) is 11.9. The highest BCUT2D eigenvalue weighted by atomic mass is 19.1. The summed E-state index contributed by atoms with van der Waals surface area (Å²) in [5.41, 5.74) is 1.70. The predicted molar refractivity (Wildman–Crippen MR) is 58.9 cm³/mol. The van der Waals surface area contributed by atoms with Crippen LogP contribution in [0.25, 0.3) is 0 Å². The van der Waals surface area contributed by atoms with Crippen molar-refractivity contribution in [2.45, 2.75) is 26.4 Å². The Hall–Kier alpha value is -1.42. The zero-order valence-corrected chi connectivity index (χ0v) is 9.33. The molecule has 4 heteroatoms. The fourth-order valence-corrected chi connectivity index (χ4v) is 2.00. The van der Waals surface area contributed by atoms with E-state index in [0.29, 0.717) is 29.8 Å². The average Bonchev–Trinajstić information content (AvgIpc) is 2.56. The minimum absolute atomic E-state index is 0.240. The van der Waals surface area contributed by atoms with Crippen LogP contribution in [0.3, 0.4) is 0 Å². The molecule has 86 valence electrons. The van der Waals surface area contributed by atoms with Crippen molar-refractivity contribution in [2.75, 3.05) is 11.4 Å². The SMILES string of the molecule is Cc1cc(N2CCC(O)C2=O)cc(C)c1F. The number of aliphatic hydroxyl groups is 1. The fourth-order valence-electron chi connectivity index (χ4n) is 2.00. The van der Waals surface area contributed by atoms with Crippen LogP contribution < -0.4 is 4.90 Å². The van der Waals surface area contributed by atoms with Crippen molar-refractivity contribution in [1.82, 2.24) is 0 Å². The summed E-state index contributed by atoms with van der Waals surface area (Å²) in [6.07, 6.45) is -0.473. The van der Waals surface area contributed by atoms with E-state index in [9.17, 15) is 14.3 Å². The van der Waals surface area contributed by atoms with E-state index in [1.807, 2.05) is 0 Å². The van der Waals surface area contributed by atoms with Gasteiger partial charge in [-0.3, -0.25) is 4.79 Å². The topological polar surface area (TPSA) is 40.5 Å². The van der Waals surface area contributed by atoms with Crippen molar-refractivity contribution >= 4 is 11.6 Å². The maximum Gasteiger partial charge on any atom is 0.255 e. The molecule has 2 rings (SSSR count). The Balaban J connectivity index is 2.39. The van der Waals surface area contributed by atoms with E-state index < -0.39 is 6.10 Å². The summed E-state index contributed by atoms with van der Waals surface area (Å²) in [5.74, 6) is -0.540. The molecule has 1 unspecified atom stereocenters. The van der Waals surface area contributed by atoms with Gasteiger partial charge in [0.1, 0.15) is 11.9 Å². The number of benzene rings is 1. The summed E-state index contributed by atoms with van der Waals surface area (Å²) in [6.45, 7) is 3.83. The first-order chi connectivity index (χ1) is 7.50. The maximum absolute atomic E-state index is 13.4. The summed E-state index contributed by atoms with van der Waals surface area (Å²) < 4.78 is 13.4. The highest BCUT2D eigenvalue weighted by Gasteiger charge is 2.31. The smallest absolute Gasteiger partial charge is 0.255 e. The van der Waals surface area contributed by atoms with Gasteiger partial charge in [0.25, 0.3) is 5.91 Å². The van der Waals surface area contributed by atoms with Crippen LogP contribution >= 0.6 is 0 Å². The quantitative estimate of drug-likeness (QED) is 0.784. The van der Waals surface area contributed by atoms with Crippen LogP contribution in [0.4, 0.5) is 10.1 Å². The van der Waals surface area contributed by atoms with Gasteiger partial charge in [-0.05, 0) is 37.1 Å². The standard InChI is InChI=1S/C12H14FNO2/c1-7-5-9(6-8(2)11(7)13)14-4-3-10(15)12(14)16/h5-6,10,15H,3-4H2,1-2H3. The van der Waals surface area contributed by atoms with Gasteiger partial charge in [-0.2, -0.15) is 0 Å². The molecule has 0 spiro atoms. The molecule has 1 amide bonds. The molecular formula is C12H14FNO2. The van der Waals surface area contributed by atoms with Crippen LogP contribution in [-0.2, 0) is 4.79 Å². The minimum Gasteiger partial charge on any atom is -0.383 e. The van der Waals surface area contributed by atoms with Gasteiger partial charge in [-0.15, -0.1) is 0 Å². The van der Waals surface area contributed by atoms with Crippen molar-refractivity contribution in [3.8, 4) is 0 Å². The molecular weight excluding hydrogens is 209 g/mol. The van der Waals surface area contributed by atoms with E-state index in [-0.39, 0.29) is 11.7 Å². The molecule has 1 aliphatic heterocycles. The Morgan fingerprint density at radius 1 is 1.38 bits per heavy atom. The third-order valence-electron chi connectivity index (χ3n) is 2.91. The number of nitrogens with zero attached hydrogens (tertiary/aromatic N) is 1. The van der Waals surface area contributed by atoms with E-state index in [0.717, 1.165) is 0 Å². The number of anilines is 1. The number of hydrogen-bond donors (Lipinski definition) is 1. The molecule has 0 saturated carbocycles. The van der Waals surface area contributed by atoms with E-state index in [1.54, 1.807) is 26.0 Å². The minimum atomic E-state index is -0.911. The highest BCUT2D eigenvalue weighted by Crippen LogP contribution is 2.25. The molecule has 1 heterocycles. The Kier molecular flexibility index (Phi) is 2.68. The van der Waals surface area contributed by atoms with Gasteiger partial charge < -0.3 is 10.0 Å². The van der Waals surface area contributed by atoms with Crippen LogP contribution in [0, 0.1) is 19.7 Å². The molecule has 0 aliphatic carbocycles. The first-order valence-electron chi connectivity index (χ1n) is 5.27. The highest BCUT2D eigenvalue weighted by molar-refractivity contribution is 5.98. The molecule has 1 aromatic rings. The molecule has 0 bridgehead atoms. The van der Waals surface area contributed by atoms with Crippen molar-refractivity contribution in [3.63, 3.8) is 0 Å². The van der Waals surface area contributed by atoms with Gasteiger partial charge in [0.05, 0.1) is 0 Å². The van der Waals surface area contributed by atoms with Gasteiger partial charge in [0.2, 0.25) is 0 Å². The Morgan fingerprint density at radius 2 is 1.94 bits per heavy atom. The number of amides is 1. The Labute approximate surface area is 93.5 Å². The molecule has 1 fully saturated rings. The molecule has 1 N–H and O–H groups in total. The second-order valence-corrected chi connectivity index (χ2v) is 4.19. The van der Waals surface area contributed by atoms with E-state index in [1.165, 1.54) is 4.90 Å². The monoisotopic (exact) mass is 223 g/mol. The van der Waals surface area contributed by atoms with Gasteiger partial charge in [0.15, 0.2) is 0 Å². The van der Waals surface area contributed by atoms with E-state index in [4.69, 9.17) is 0 Å². The zero-order valence-electron chi connectivity index (χ0n) is 9.33. The summed E-state index contributed by atoms with van der Waals surface area (Å²) in [5, 5.41) is 9.36. The lowest BCUT2D eigenvalue weighted by Crippen LogP contribution is -2.29. The van der Waals surface area contributed by atoms with Gasteiger partial charge in [-0.25, -0.2) is 4.39 Å². The van der Waals surface area contributed by atoms with Crippen LogP contribution in [0.2, 0.25) is 0 Å². The molecule has 1 aromatic carbocycles. The number of carbonyl (C=O) groups excluding carboxylic acids is 1. The number of carbonyl (C=O) groups is 1. The number of aliphatic hydroxyl groups excluding tert-OH is 1. The van der Waals surface area contributed by atoms with Crippen LogP contribution in [0.1, 0.15) is 17.5 Å². The van der Waals surface area contributed by atoms with Gasteiger partial charge in [-0.1, -0.05) is 0 Å². The molecule has 0 radical (unpaired) electrons. The second-order valence-electron chi connectivity index (χ2n) is 4.19. The summed E-state index contributed by atoms with van der Waals surface area (Å²) >= 11 is 0. The Bertz CT molecular complexity index is 422. The lowest BCUT2D eigenvalue weighted by atomic mass is 10.1.